The molecule has 0 aromatic rings. The van der Waals surface area contributed by atoms with Crippen molar-refractivity contribution in [1.82, 2.24) is 0 Å². The fraction of sp³-hybridized carbons (Fsp3) is 0.846. The molecule has 0 saturated heterocycles. The second-order valence-electron chi connectivity index (χ2n) is 9.89. The van der Waals surface area contributed by atoms with E-state index in [2.05, 4.69) is 31.2 Å². The lowest BCUT2D eigenvalue weighted by Gasteiger charge is -2.42. The van der Waals surface area contributed by atoms with Gasteiger partial charge >= 0.3 is 0 Å². The number of unbranched alkanes of at least 4 members (excludes halogenated alkanes) is 4. The maximum atomic E-state index is 9.39. The molecule has 0 spiro atoms. The van der Waals surface area contributed by atoms with E-state index in [-0.39, 0.29) is 6.42 Å². The number of rotatable bonds is 15. The molecule has 0 radical (unpaired) electrons. The summed E-state index contributed by atoms with van der Waals surface area (Å²) in [5, 5.41) is 27.6. The minimum absolute atomic E-state index is 0.225. The summed E-state index contributed by atoms with van der Waals surface area (Å²) < 4.78 is 0. The van der Waals surface area contributed by atoms with Crippen molar-refractivity contribution in [1.29, 1.82) is 0 Å². The van der Waals surface area contributed by atoms with Crippen molar-refractivity contribution >= 4 is 0 Å². The second kappa shape index (κ2) is 12.9. The van der Waals surface area contributed by atoms with Gasteiger partial charge in [-0.2, -0.15) is 0 Å². The van der Waals surface area contributed by atoms with Gasteiger partial charge in [0.15, 0.2) is 5.79 Å². The summed E-state index contributed by atoms with van der Waals surface area (Å²) in [6.07, 6.45) is 29.1. The van der Waals surface area contributed by atoms with Gasteiger partial charge in [0.25, 0.3) is 0 Å². The first-order valence-corrected chi connectivity index (χ1v) is 12.4. The molecule has 3 nitrogen and oxygen atoms in total. The monoisotopic (exact) mass is 406 g/mol. The Balaban J connectivity index is 1.67. The molecule has 0 unspecified atom stereocenters. The Morgan fingerprint density at radius 2 is 1.79 bits per heavy atom. The van der Waals surface area contributed by atoms with Crippen molar-refractivity contribution in [3.05, 3.63) is 24.3 Å². The van der Waals surface area contributed by atoms with Crippen molar-refractivity contribution in [3.8, 4) is 0 Å². The predicted molar refractivity (Wildman–Crippen MR) is 121 cm³/mol. The summed E-state index contributed by atoms with van der Waals surface area (Å²) >= 11 is 0. The van der Waals surface area contributed by atoms with Crippen molar-refractivity contribution in [2.75, 3.05) is 6.61 Å². The standard InChI is InChI=1S/C26H46O3/c1-2-3-4-8-17-25(19-12-20-25)18-11-16-24-15-10-14-23(24)13-7-5-6-9-21-26(28,29)22-27/h5,7,11,16,23-24,27-29H,2-4,6,8-10,12-15,17-22H2,1H3/t23-,24+/m0/s1. The van der Waals surface area contributed by atoms with Crippen LogP contribution in [0.25, 0.3) is 0 Å². The molecule has 0 amide bonds. The average molecular weight is 407 g/mol. The molecule has 0 aromatic carbocycles. The quantitative estimate of drug-likeness (QED) is 0.170. The number of aliphatic hydroxyl groups excluding tert-OH is 1. The van der Waals surface area contributed by atoms with E-state index < -0.39 is 12.4 Å². The van der Waals surface area contributed by atoms with E-state index in [4.69, 9.17) is 5.11 Å². The maximum absolute atomic E-state index is 9.39. The molecule has 0 heterocycles. The zero-order chi connectivity index (χ0) is 21.0. The highest BCUT2D eigenvalue weighted by atomic mass is 16.5. The number of hydrogen-bond donors (Lipinski definition) is 3. The molecule has 2 rings (SSSR count). The Morgan fingerprint density at radius 3 is 2.48 bits per heavy atom. The van der Waals surface area contributed by atoms with Crippen molar-refractivity contribution < 1.29 is 15.3 Å². The average Bonchev–Trinajstić information content (AvgIpc) is 3.12. The van der Waals surface area contributed by atoms with Gasteiger partial charge in [0, 0.05) is 6.42 Å². The Bertz CT molecular complexity index is 490. The molecule has 3 heteroatoms. The van der Waals surface area contributed by atoms with E-state index in [1.54, 1.807) is 0 Å². The summed E-state index contributed by atoms with van der Waals surface area (Å²) in [7, 11) is 0. The first kappa shape index (κ1) is 24.6. The third-order valence-corrected chi connectivity index (χ3v) is 7.43. The first-order chi connectivity index (χ1) is 14.0. The summed E-state index contributed by atoms with van der Waals surface area (Å²) in [4.78, 5) is 0. The van der Waals surface area contributed by atoms with Crippen LogP contribution in [0.1, 0.15) is 110 Å². The van der Waals surface area contributed by atoms with Crippen LogP contribution < -0.4 is 0 Å². The normalized spacial score (nSPS) is 24.6. The third kappa shape index (κ3) is 8.94. The summed E-state index contributed by atoms with van der Waals surface area (Å²) in [6.45, 7) is 1.70. The second-order valence-corrected chi connectivity index (χ2v) is 9.89. The van der Waals surface area contributed by atoms with Gasteiger partial charge < -0.3 is 15.3 Å². The van der Waals surface area contributed by atoms with Gasteiger partial charge in [-0.15, -0.1) is 0 Å². The summed E-state index contributed by atoms with van der Waals surface area (Å²) in [5.74, 6) is -0.395. The number of allylic oxidation sites excluding steroid dienone is 4. The largest absolute Gasteiger partial charge is 0.391 e. The molecule has 29 heavy (non-hydrogen) atoms. The number of aliphatic hydroxyl groups is 3. The molecule has 2 atom stereocenters. The fourth-order valence-electron chi connectivity index (χ4n) is 5.24. The Labute approximate surface area is 179 Å². The van der Waals surface area contributed by atoms with Gasteiger partial charge in [-0.3, -0.25) is 0 Å². The van der Waals surface area contributed by atoms with Crippen LogP contribution in [0.15, 0.2) is 24.3 Å². The van der Waals surface area contributed by atoms with Gasteiger partial charge in [-0.1, -0.05) is 69.8 Å². The molecule has 3 N–H and O–H groups in total. The Kier molecular flexibility index (Phi) is 11.0. The maximum Gasteiger partial charge on any atom is 0.186 e. The molecule has 168 valence electrons. The molecule has 2 aliphatic carbocycles. The smallest absolute Gasteiger partial charge is 0.186 e. The van der Waals surface area contributed by atoms with Gasteiger partial charge in [-0.25, -0.2) is 0 Å². The topological polar surface area (TPSA) is 60.7 Å². The van der Waals surface area contributed by atoms with E-state index >= 15 is 0 Å². The summed E-state index contributed by atoms with van der Waals surface area (Å²) in [6, 6.07) is 0. The van der Waals surface area contributed by atoms with Gasteiger partial charge in [-0.05, 0) is 75.0 Å². The van der Waals surface area contributed by atoms with Crippen LogP contribution in [-0.2, 0) is 0 Å². The zero-order valence-electron chi connectivity index (χ0n) is 18.8. The summed E-state index contributed by atoms with van der Waals surface area (Å²) in [5.41, 5.74) is 0.640. The highest BCUT2D eigenvalue weighted by molar-refractivity contribution is 5.01. The minimum atomic E-state index is -1.91. The lowest BCUT2D eigenvalue weighted by atomic mass is 9.64. The first-order valence-electron chi connectivity index (χ1n) is 12.4. The van der Waals surface area contributed by atoms with E-state index in [1.165, 1.54) is 77.0 Å². The molecule has 0 bridgehead atoms. The highest BCUT2D eigenvalue weighted by Crippen LogP contribution is 2.48. The highest BCUT2D eigenvalue weighted by Gasteiger charge is 2.35. The van der Waals surface area contributed by atoms with Crippen LogP contribution >= 0.6 is 0 Å². The van der Waals surface area contributed by atoms with Gasteiger partial charge in [0.1, 0.15) is 0 Å². The van der Waals surface area contributed by atoms with Crippen LogP contribution in [0.4, 0.5) is 0 Å². The molecule has 0 aromatic heterocycles. The SMILES string of the molecule is CCCCCCC1(CC=C[C@H]2CCC[C@@H]2CC=CCCCC(O)(O)CO)CCC1. The van der Waals surface area contributed by atoms with Crippen molar-refractivity contribution in [2.24, 2.45) is 17.3 Å². The lowest BCUT2D eigenvalue weighted by molar-refractivity contribution is -0.191. The van der Waals surface area contributed by atoms with Crippen LogP contribution in [0.2, 0.25) is 0 Å². The van der Waals surface area contributed by atoms with Crippen LogP contribution in [0, 0.1) is 17.3 Å². The fourth-order valence-corrected chi connectivity index (χ4v) is 5.24. The van der Waals surface area contributed by atoms with E-state index in [1.807, 2.05) is 0 Å². The Hall–Kier alpha value is -0.640. The minimum Gasteiger partial charge on any atom is -0.391 e. The van der Waals surface area contributed by atoms with Crippen LogP contribution in [-0.4, -0.2) is 27.7 Å². The molecular formula is C26H46O3. The molecule has 2 saturated carbocycles. The van der Waals surface area contributed by atoms with E-state index in [0.717, 1.165) is 24.7 Å². The van der Waals surface area contributed by atoms with E-state index in [9.17, 15) is 10.2 Å². The number of hydrogen-bond acceptors (Lipinski definition) is 3. The van der Waals surface area contributed by atoms with Crippen LogP contribution in [0.5, 0.6) is 0 Å². The van der Waals surface area contributed by atoms with Gasteiger partial charge in [0.05, 0.1) is 6.61 Å². The van der Waals surface area contributed by atoms with Gasteiger partial charge in [0.2, 0.25) is 0 Å². The molecule has 2 aliphatic rings. The molecule has 0 aliphatic heterocycles. The van der Waals surface area contributed by atoms with Crippen molar-refractivity contribution in [3.63, 3.8) is 0 Å². The molecule has 2 fully saturated rings. The lowest BCUT2D eigenvalue weighted by Crippen LogP contribution is -2.32. The predicted octanol–water partition coefficient (Wildman–Crippen LogP) is 6.28. The Morgan fingerprint density at radius 1 is 0.966 bits per heavy atom. The van der Waals surface area contributed by atoms with Crippen LogP contribution in [0.3, 0.4) is 0 Å². The van der Waals surface area contributed by atoms with Crippen molar-refractivity contribution in [2.45, 2.75) is 115 Å². The molecular weight excluding hydrogens is 360 g/mol. The zero-order valence-corrected chi connectivity index (χ0v) is 18.8. The van der Waals surface area contributed by atoms with E-state index in [0.29, 0.717) is 11.8 Å². The third-order valence-electron chi connectivity index (χ3n) is 7.43.